The molecule has 1 aromatic carbocycles. The molecule has 0 radical (unpaired) electrons. The first-order chi connectivity index (χ1) is 11.8. The first-order valence-corrected chi connectivity index (χ1v) is 8.59. The van der Waals surface area contributed by atoms with Crippen molar-refractivity contribution in [1.82, 2.24) is 0 Å². The smallest absolute Gasteiger partial charge is 0.248 e. The Morgan fingerprint density at radius 1 is 1.16 bits per heavy atom. The van der Waals surface area contributed by atoms with Crippen molar-refractivity contribution in [3.05, 3.63) is 38.8 Å². The molecule has 0 atom stereocenters. The molecule has 1 aromatic rings. The van der Waals surface area contributed by atoms with Crippen molar-refractivity contribution in [1.29, 1.82) is 0 Å². The normalized spacial score (nSPS) is 20.9. The molecule has 2 aliphatic heterocycles. The fourth-order valence-corrected chi connectivity index (χ4v) is 3.84. The van der Waals surface area contributed by atoms with Crippen LogP contribution in [0.15, 0.2) is 16.5 Å². The van der Waals surface area contributed by atoms with Crippen LogP contribution in [-0.2, 0) is 19.4 Å². The Hall–Kier alpha value is -2.09. The van der Waals surface area contributed by atoms with Crippen molar-refractivity contribution in [2.24, 2.45) is 0 Å². The van der Waals surface area contributed by atoms with Crippen molar-refractivity contribution >= 4 is 35.4 Å². The number of aliphatic hydroxyl groups excluding tert-OH is 1. The number of carbonyl (C=O) groups is 2. The largest absolute Gasteiger partial charge is 0.506 e. The summed E-state index contributed by atoms with van der Waals surface area (Å²) in [5.41, 5.74) is 2.70. The molecular weight excluding hydrogens is 344 g/mol. The van der Waals surface area contributed by atoms with Gasteiger partial charge in [0, 0.05) is 16.0 Å². The molecule has 1 spiro atoms. The van der Waals surface area contributed by atoms with Gasteiger partial charge in [-0.05, 0) is 44.0 Å². The fraction of sp³-hybridized carbons (Fsp3) is 0.333. The molecule has 1 aliphatic carbocycles. The Morgan fingerprint density at radius 2 is 1.80 bits per heavy atom. The summed E-state index contributed by atoms with van der Waals surface area (Å²) in [5, 5.41) is 10.7. The van der Waals surface area contributed by atoms with Gasteiger partial charge in [0.2, 0.25) is 5.79 Å². The van der Waals surface area contributed by atoms with Crippen LogP contribution in [0.1, 0.15) is 42.0 Å². The van der Waals surface area contributed by atoms with Crippen LogP contribution in [0.2, 0.25) is 0 Å². The molecule has 25 heavy (non-hydrogen) atoms. The lowest BCUT2D eigenvalue weighted by Gasteiger charge is -2.22. The summed E-state index contributed by atoms with van der Waals surface area (Å²) in [6.45, 7) is 5.62. The van der Waals surface area contributed by atoms with Crippen molar-refractivity contribution in [2.45, 2.75) is 39.4 Å². The summed E-state index contributed by atoms with van der Waals surface area (Å²) in [4.78, 5) is 35.3. The van der Waals surface area contributed by atoms with E-state index in [9.17, 15) is 14.7 Å². The number of hydrogen-bond donors (Lipinski definition) is 1. The quantitative estimate of drug-likeness (QED) is 0.204. The summed E-state index contributed by atoms with van der Waals surface area (Å²) in [7, 11) is 0. The number of fused-ring (bicyclic) bond motifs is 1. The maximum atomic E-state index is 12.4. The summed E-state index contributed by atoms with van der Waals surface area (Å²) < 4.78 is 5.69. The highest BCUT2D eigenvalue weighted by Gasteiger charge is 2.57. The third-order valence-electron chi connectivity index (χ3n) is 4.60. The summed E-state index contributed by atoms with van der Waals surface area (Å²) in [6, 6.07) is 1.74. The molecule has 0 bridgehead atoms. The molecule has 2 fully saturated rings. The molecule has 7 heteroatoms. The van der Waals surface area contributed by atoms with Crippen molar-refractivity contribution in [3.8, 4) is 5.75 Å². The highest BCUT2D eigenvalue weighted by molar-refractivity contribution is 7.99. The van der Waals surface area contributed by atoms with Crippen LogP contribution in [0.25, 0.3) is 11.8 Å². The van der Waals surface area contributed by atoms with Gasteiger partial charge in [0.1, 0.15) is 17.1 Å². The predicted octanol–water partition coefficient (Wildman–Crippen LogP) is 3.56. The number of carbonyl (C=O) groups excluding carboxylic acids is 2. The van der Waals surface area contributed by atoms with Crippen molar-refractivity contribution in [2.75, 3.05) is 0 Å². The number of benzene rings is 1. The molecule has 130 valence electrons. The Kier molecular flexibility index (Phi) is 3.57. The molecule has 1 N–H and O–H groups in total. The van der Waals surface area contributed by atoms with E-state index < -0.39 is 17.4 Å². The molecule has 3 aliphatic rings. The number of Topliss-reactive ketones (excluding diaryl/α,β-unsaturated/α-hetero) is 2. The number of aliphatic hydroxyl groups is 1. The van der Waals surface area contributed by atoms with E-state index in [1.54, 1.807) is 6.07 Å². The summed E-state index contributed by atoms with van der Waals surface area (Å²) in [6.07, 6.45) is 1.83. The molecular formula is C18H16O6S. The van der Waals surface area contributed by atoms with Crippen molar-refractivity contribution < 1.29 is 28.7 Å². The molecule has 2 heterocycles. The average Bonchev–Trinajstić information content (AvgIpc) is 3.28. The summed E-state index contributed by atoms with van der Waals surface area (Å²) in [5.74, 6) is -1.61. The van der Waals surface area contributed by atoms with Crippen LogP contribution in [0.5, 0.6) is 5.75 Å². The van der Waals surface area contributed by atoms with E-state index in [1.165, 1.54) is 12.0 Å². The first kappa shape index (κ1) is 16.4. The first-order valence-electron chi connectivity index (χ1n) is 7.85. The zero-order valence-corrected chi connectivity index (χ0v) is 14.8. The molecule has 6 nitrogen and oxygen atoms in total. The highest BCUT2D eigenvalue weighted by Crippen LogP contribution is 2.45. The van der Waals surface area contributed by atoms with E-state index in [0.717, 1.165) is 27.3 Å². The second-order valence-electron chi connectivity index (χ2n) is 6.53. The van der Waals surface area contributed by atoms with E-state index >= 15 is 0 Å². The van der Waals surface area contributed by atoms with Crippen molar-refractivity contribution in [3.63, 3.8) is 0 Å². The number of aryl methyl sites for hydroxylation is 1. The van der Waals surface area contributed by atoms with Gasteiger partial charge in [-0.25, -0.2) is 0 Å². The van der Waals surface area contributed by atoms with E-state index in [4.69, 9.17) is 14.0 Å². The van der Waals surface area contributed by atoms with E-state index in [1.807, 2.05) is 26.8 Å². The van der Waals surface area contributed by atoms with Crippen LogP contribution in [0.3, 0.4) is 0 Å². The topological polar surface area (TPSA) is 88.7 Å². The van der Waals surface area contributed by atoms with Crippen LogP contribution in [-0.4, -0.2) is 22.5 Å². The Bertz CT molecular complexity index is 869. The molecule has 0 aromatic heterocycles. The minimum Gasteiger partial charge on any atom is -0.506 e. The van der Waals surface area contributed by atoms with Gasteiger partial charge in [0.15, 0.2) is 11.6 Å². The van der Waals surface area contributed by atoms with Crippen LogP contribution in [0, 0.1) is 13.8 Å². The van der Waals surface area contributed by atoms with Gasteiger partial charge in [-0.3, -0.25) is 9.59 Å². The minimum absolute atomic E-state index is 0.0696. The number of allylic oxidation sites excluding steroid dienone is 2. The molecule has 1 saturated heterocycles. The van der Waals surface area contributed by atoms with Gasteiger partial charge in [-0.2, -0.15) is 9.78 Å². The van der Waals surface area contributed by atoms with Crippen LogP contribution >= 0.6 is 12.0 Å². The zero-order valence-electron chi connectivity index (χ0n) is 14.0. The van der Waals surface area contributed by atoms with Gasteiger partial charge in [0.05, 0.1) is 24.9 Å². The van der Waals surface area contributed by atoms with Crippen LogP contribution < -0.4 is 4.18 Å². The molecule has 0 amide bonds. The van der Waals surface area contributed by atoms with E-state index in [2.05, 4.69) is 0 Å². The Morgan fingerprint density at radius 3 is 2.40 bits per heavy atom. The summed E-state index contributed by atoms with van der Waals surface area (Å²) >= 11 is 1.28. The van der Waals surface area contributed by atoms with Gasteiger partial charge in [0.25, 0.3) is 0 Å². The third kappa shape index (κ3) is 2.59. The molecule has 0 unspecified atom stereocenters. The molecule has 1 saturated carbocycles. The van der Waals surface area contributed by atoms with Gasteiger partial charge in [-0.15, -0.1) is 0 Å². The van der Waals surface area contributed by atoms with Gasteiger partial charge >= 0.3 is 0 Å². The average molecular weight is 360 g/mol. The highest BCUT2D eigenvalue weighted by atomic mass is 32.2. The lowest BCUT2D eigenvalue weighted by molar-refractivity contribution is -0.126. The second kappa shape index (κ2) is 5.45. The Labute approximate surface area is 148 Å². The number of rotatable bonds is 1. The lowest BCUT2D eigenvalue weighted by atomic mass is 9.85. The maximum absolute atomic E-state index is 12.4. The second-order valence-corrected chi connectivity index (χ2v) is 7.51. The van der Waals surface area contributed by atoms with E-state index in [0.29, 0.717) is 5.56 Å². The maximum Gasteiger partial charge on any atom is 0.248 e. The minimum atomic E-state index is -1.11. The zero-order chi connectivity index (χ0) is 17.9. The SMILES string of the molecule is CC1=Cc2c(C)c(C(O)=C3C(=O)CC4(CC3=O)OO4)cc(C)c2OS1. The fourth-order valence-electron chi connectivity index (χ4n) is 3.24. The lowest BCUT2D eigenvalue weighted by Crippen LogP contribution is -2.32. The monoisotopic (exact) mass is 360 g/mol. The number of ketones is 2. The van der Waals surface area contributed by atoms with Crippen LogP contribution in [0.4, 0.5) is 0 Å². The van der Waals surface area contributed by atoms with E-state index in [-0.39, 0.29) is 24.2 Å². The number of hydrogen-bond acceptors (Lipinski definition) is 7. The third-order valence-corrected chi connectivity index (χ3v) is 5.23. The van der Waals surface area contributed by atoms with Gasteiger partial charge < -0.3 is 9.29 Å². The Balaban J connectivity index is 1.85. The van der Waals surface area contributed by atoms with Gasteiger partial charge in [-0.1, -0.05) is 0 Å². The predicted molar refractivity (Wildman–Crippen MR) is 91.5 cm³/mol. The molecule has 4 rings (SSSR count). The standard InChI is InChI=1S/C18H16O6S/c1-8-4-11(10(3)12-5-9(2)25-22-17(8)12)16(21)15-13(19)6-18(23-24-18)7-14(15)20/h4-5,21H,6-7H2,1-3H3.